The predicted octanol–water partition coefficient (Wildman–Crippen LogP) is 1.64. The first-order chi connectivity index (χ1) is 9.65. The van der Waals surface area contributed by atoms with Crippen LogP contribution >= 0.6 is 0 Å². The van der Waals surface area contributed by atoms with Crippen LogP contribution in [0.25, 0.3) is 6.08 Å². The molecule has 1 atom stereocenters. The Morgan fingerprint density at radius 1 is 1.20 bits per heavy atom. The molecule has 20 heavy (non-hydrogen) atoms. The summed E-state index contributed by atoms with van der Waals surface area (Å²) in [6, 6.07) is 9.55. The van der Waals surface area contributed by atoms with Gasteiger partial charge in [0, 0.05) is 6.08 Å². The summed E-state index contributed by atoms with van der Waals surface area (Å²) in [5.74, 6) is -2.20. The minimum atomic E-state index is -1.13. The fourth-order valence-electron chi connectivity index (χ4n) is 1.59. The number of esters is 3. The lowest BCUT2D eigenvalue weighted by Gasteiger charge is -2.03. The third kappa shape index (κ3) is 3.91. The zero-order chi connectivity index (χ0) is 14.4. The number of hydrogen-bond acceptors (Lipinski definition) is 5. The molecule has 5 heteroatoms. The van der Waals surface area contributed by atoms with Gasteiger partial charge in [-0.2, -0.15) is 0 Å². The predicted molar refractivity (Wildman–Crippen MR) is 70.2 cm³/mol. The summed E-state index contributed by atoms with van der Waals surface area (Å²) >= 11 is 0. The van der Waals surface area contributed by atoms with Gasteiger partial charge in [-0.15, -0.1) is 0 Å². The van der Waals surface area contributed by atoms with Gasteiger partial charge in [0.05, 0.1) is 6.42 Å². The Kier molecular flexibility index (Phi) is 4.44. The molecular weight excluding hydrogens is 260 g/mol. The van der Waals surface area contributed by atoms with Crippen molar-refractivity contribution < 1.29 is 23.9 Å². The lowest BCUT2D eigenvalue weighted by Crippen LogP contribution is -2.21. The van der Waals surface area contributed by atoms with Gasteiger partial charge in [-0.3, -0.25) is 4.79 Å². The molecule has 0 amide bonds. The number of rotatable bonds is 4. The lowest BCUT2D eigenvalue weighted by molar-refractivity contribution is -0.160. The van der Waals surface area contributed by atoms with Gasteiger partial charge in [0.2, 0.25) is 6.10 Å². The molecule has 1 aliphatic heterocycles. The summed E-state index contributed by atoms with van der Waals surface area (Å²) in [6.45, 7) is 0. The quantitative estimate of drug-likeness (QED) is 0.361. The Labute approximate surface area is 115 Å². The number of cyclic esters (lactones) is 2. The van der Waals surface area contributed by atoms with E-state index in [2.05, 4.69) is 4.74 Å². The van der Waals surface area contributed by atoms with Gasteiger partial charge in [-0.1, -0.05) is 48.6 Å². The molecule has 0 bridgehead atoms. The fraction of sp³-hybridized carbons (Fsp3) is 0.133. The van der Waals surface area contributed by atoms with Crippen LogP contribution in [0.5, 0.6) is 0 Å². The Bertz CT molecular complexity index is 571. The highest BCUT2D eigenvalue weighted by molar-refractivity contribution is 5.98. The molecule has 1 heterocycles. The highest BCUT2D eigenvalue weighted by atomic mass is 16.6. The van der Waals surface area contributed by atoms with E-state index in [-0.39, 0.29) is 6.42 Å². The molecule has 0 radical (unpaired) electrons. The average molecular weight is 272 g/mol. The van der Waals surface area contributed by atoms with Crippen LogP contribution < -0.4 is 0 Å². The number of hydrogen-bond donors (Lipinski definition) is 0. The van der Waals surface area contributed by atoms with Crippen LogP contribution in [0, 0.1) is 0 Å². The van der Waals surface area contributed by atoms with Crippen LogP contribution in [-0.4, -0.2) is 24.0 Å². The number of ether oxygens (including phenoxy) is 2. The molecule has 102 valence electrons. The summed E-state index contributed by atoms with van der Waals surface area (Å²) < 4.78 is 9.06. The number of allylic oxidation sites excluding steroid dienone is 2. The Morgan fingerprint density at radius 3 is 2.60 bits per heavy atom. The minimum absolute atomic E-state index is 0.224. The van der Waals surface area contributed by atoms with Gasteiger partial charge < -0.3 is 9.47 Å². The van der Waals surface area contributed by atoms with Crippen molar-refractivity contribution in [3.05, 3.63) is 54.1 Å². The normalized spacial score (nSPS) is 18.7. The van der Waals surface area contributed by atoms with Gasteiger partial charge in [0.25, 0.3) is 0 Å². The Hall–Kier alpha value is -2.69. The van der Waals surface area contributed by atoms with Gasteiger partial charge in [-0.05, 0) is 5.56 Å². The van der Waals surface area contributed by atoms with E-state index < -0.39 is 24.0 Å². The van der Waals surface area contributed by atoms with E-state index in [1.807, 2.05) is 36.4 Å². The van der Waals surface area contributed by atoms with Gasteiger partial charge >= 0.3 is 17.9 Å². The summed E-state index contributed by atoms with van der Waals surface area (Å²) in [5, 5.41) is 0. The molecule has 1 unspecified atom stereocenters. The van der Waals surface area contributed by atoms with E-state index >= 15 is 0 Å². The van der Waals surface area contributed by atoms with E-state index in [9.17, 15) is 14.4 Å². The van der Waals surface area contributed by atoms with Crippen molar-refractivity contribution in [2.45, 2.75) is 12.5 Å². The maximum absolute atomic E-state index is 11.4. The molecular formula is C15H12O5. The summed E-state index contributed by atoms with van der Waals surface area (Å²) in [6.07, 6.45) is 4.81. The largest absolute Gasteiger partial charge is 0.447 e. The molecule has 1 aromatic carbocycles. The molecule has 0 spiro atoms. The van der Waals surface area contributed by atoms with Crippen molar-refractivity contribution in [3.63, 3.8) is 0 Å². The van der Waals surface area contributed by atoms with Crippen LogP contribution in [0.2, 0.25) is 0 Å². The SMILES string of the molecule is O=C(C=CC=Cc1ccccc1)OC1CC(=O)OC1=O. The fourth-order valence-corrected chi connectivity index (χ4v) is 1.59. The van der Waals surface area contributed by atoms with E-state index in [0.717, 1.165) is 5.56 Å². The number of carbonyl (C=O) groups is 3. The van der Waals surface area contributed by atoms with E-state index in [0.29, 0.717) is 0 Å². The standard InChI is InChI=1S/C15H12O5/c16-13(19-12-10-14(17)20-15(12)18)9-5-4-8-11-6-2-1-3-7-11/h1-9,12H,10H2. The average Bonchev–Trinajstić information content (AvgIpc) is 2.74. The molecule has 0 aliphatic carbocycles. The van der Waals surface area contributed by atoms with Crippen LogP contribution in [0.3, 0.4) is 0 Å². The van der Waals surface area contributed by atoms with Crippen LogP contribution in [0.1, 0.15) is 12.0 Å². The van der Waals surface area contributed by atoms with Crippen LogP contribution in [-0.2, 0) is 23.9 Å². The van der Waals surface area contributed by atoms with Crippen LogP contribution in [0.4, 0.5) is 0 Å². The molecule has 1 saturated heterocycles. The topological polar surface area (TPSA) is 69.7 Å². The third-order valence-electron chi connectivity index (χ3n) is 2.52. The first-order valence-corrected chi connectivity index (χ1v) is 6.00. The number of benzene rings is 1. The minimum Gasteiger partial charge on any atom is -0.447 e. The highest BCUT2D eigenvalue weighted by Gasteiger charge is 2.36. The first kappa shape index (κ1) is 13.7. The Balaban J connectivity index is 1.83. The molecule has 1 aromatic rings. The van der Waals surface area contributed by atoms with E-state index in [4.69, 9.17) is 4.74 Å². The summed E-state index contributed by atoms with van der Waals surface area (Å²) in [4.78, 5) is 33.3. The second-order valence-corrected chi connectivity index (χ2v) is 4.05. The van der Waals surface area contributed by atoms with Crippen molar-refractivity contribution in [3.8, 4) is 0 Å². The number of carbonyl (C=O) groups excluding carboxylic acids is 3. The summed E-state index contributed by atoms with van der Waals surface area (Å²) in [7, 11) is 0. The zero-order valence-corrected chi connectivity index (χ0v) is 10.5. The van der Waals surface area contributed by atoms with Crippen molar-refractivity contribution >= 4 is 24.0 Å². The van der Waals surface area contributed by atoms with E-state index in [1.54, 1.807) is 6.08 Å². The maximum atomic E-state index is 11.4. The third-order valence-corrected chi connectivity index (χ3v) is 2.52. The smallest absolute Gasteiger partial charge is 0.355 e. The van der Waals surface area contributed by atoms with Gasteiger partial charge in [-0.25, -0.2) is 9.59 Å². The van der Waals surface area contributed by atoms with Crippen molar-refractivity contribution in [1.82, 2.24) is 0 Å². The van der Waals surface area contributed by atoms with Crippen molar-refractivity contribution in [2.24, 2.45) is 0 Å². The monoisotopic (exact) mass is 272 g/mol. The molecule has 0 aromatic heterocycles. The zero-order valence-electron chi connectivity index (χ0n) is 10.5. The molecule has 5 nitrogen and oxygen atoms in total. The van der Waals surface area contributed by atoms with Crippen molar-refractivity contribution in [2.75, 3.05) is 0 Å². The molecule has 1 fully saturated rings. The Morgan fingerprint density at radius 2 is 1.95 bits per heavy atom. The molecule has 0 saturated carbocycles. The van der Waals surface area contributed by atoms with Crippen LogP contribution in [0.15, 0.2) is 48.6 Å². The van der Waals surface area contributed by atoms with E-state index in [1.165, 1.54) is 12.2 Å². The second kappa shape index (κ2) is 6.47. The van der Waals surface area contributed by atoms with Gasteiger partial charge in [0.15, 0.2) is 0 Å². The van der Waals surface area contributed by atoms with Crippen molar-refractivity contribution in [1.29, 1.82) is 0 Å². The molecule has 0 N–H and O–H groups in total. The maximum Gasteiger partial charge on any atom is 0.355 e. The second-order valence-electron chi connectivity index (χ2n) is 4.05. The lowest BCUT2D eigenvalue weighted by atomic mass is 10.2. The first-order valence-electron chi connectivity index (χ1n) is 6.00. The highest BCUT2D eigenvalue weighted by Crippen LogP contribution is 2.12. The van der Waals surface area contributed by atoms with Gasteiger partial charge in [0.1, 0.15) is 0 Å². The molecule has 2 rings (SSSR count). The summed E-state index contributed by atoms with van der Waals surface area (Å²) in [5.41, 5.74) is 0.996. The molecule has 1 aliphatic rings.